The van der Waals surface area contributed by atoms with Gasteiger partial charge in [-0.25, -0.2) is 0 Å². The maximum absolute atomic E-state index is 12.4. The van der Waals surface area contributed by atoms with Gasteiger partial charge in [0.05, 0.1) is 30.3 Å². The molecule has 0 saturated heterocycles. The maximum atomic E-state index is 12.4. The number of aliphatic hydroxyl groups excluding tert-OH is 2. The highest BCUT2D eigenvalue weighted by Crippen LogP contribution is 2.34. The van der Waals surface area contributed by atoms with Gasteiger partial charge in [0, 0.05) is 12.3 Å². The van der Waals surface area contributed by atoms with Crippen LogP contribution >= 0.6 is 23.5 Å². The first kappa shape index (κ1) is 25.8. The lowest BCUT2D eigenvalue weighted by atomic mass is 9.98. The lowest BCUT2D eigenvalue weighted by Crippen LogP contribution is -2.22. The van der Waals surface area contributed by atoms with E-state index in [0.717, 1.165) is 24.3 Å². The minimum absolute atomic E-state index is 0.0645. The summed E-state index contributed by atoms with van der Waals surface area (Å²) in [5.74, 6) is 1.49. The number of esters is 1. The second-order valence-corrected chi connectivity index (χ2v) is 10.6. The van der Waals surface area contributed by atoms with Gasteiger partial charge in [-0.3, -0.25) is 9.59 Å². The summed E-state index contributed by atoms with van der Waals surface area (Å²) < 4.78 is 4.62. The molecule has 7 heteroatoms. The molecule has 0 aliphatic heterocycles. The summed E-state index contributed by atoms with van der Waals surface area (Å²) in [7, 11) is 1.38. The fourth-order valence-electron chi connectivity index (χ4n) is 4.06. The molecule has 1 fully saturated rings. The van der Waals surface area contributed by atoms with Gasteiger partial charge in [0.25, 0.3) is 0 Å². The standard InChI is InChI=1S/C26H32O5S2/c1-31-25(30)17-32-14-5-15-33-26-22(23(28)16-24(26)29)13-12-20(27)11-10-19-8-4-7-18-6-2-3-9-21(18)19/h2-4,6-9,12-13,20,22-23,26-28H,5,10-11,14-17H2,1H3/t20-,22-,23+,26+/m0/s1. The summed E-state index contributed by atoms with van der Waals surface area (Å²) in [5.41, 5.74) is 1.20. The van der Waals surface area contributed by atoms with Gasteiger partial charge >= 0.3 is 5.97 Å². The third-order valence-corrected chi connectivity index (χ3v) is 8.32. The Morgan fingerprint density at radius 3 is 2.82 bits per heavy atom. The number of methoxy groups -OCH3 is 1. The Hall–Kier alpha value is -1.80. The van der Waals surface area contributed by atoms with Crippen LogP contribution < -0.4 is 0 Å². The van der Waals surface area contributed by atoms with Gasteiger partial charge in [-0.15, -0.1) is 11.8 Å². The van der Waals surface area contributed by atoms with E-state index >= 15 is 0 Å². The van der Waals surface area contributed by atoms with Crippen LogP contribution in [0, 0.1) is 5.92 Å². The largest absolute Gasteiger partial charge is 0.468 e. The van der Waals surface area contributed by atoms with Crippen molar-refractivity contribution in [2.24, 2.45) is 5.92 Å². The minimum atomic E-state index is -0.704. The molecule has 33 heavy (non-hydrogen) atoms. The van der Waals surface area contributed by atoms with Gasteiger partial charge in [-0.2, -0.15) is 11.8 Å². The molecule has 0 unspecified atom stereocenters. The zero-order chi connectivity index (χ0) is 23.6. The summed E-state index contributed by atoms with van der Waals surface area (Å²) in [6.07, 6.45) is 4.59. The molecule has 0 aromatic heterocycles. The first-order valence-corrected chi connectivity index (χ1v) is 13.5. The van der Waals surface area contributed by atoms with Crippen LogP contribution in [-0.4, -0.2) is 63.8 Å². The van der Waals surface area contributed by atoms with Gasteiger partial charge in [0.2, 0.25) is 0 Å². The molecule has 1 aliphatic rings. The van der Waals surface area contributed by atoms with Crippen LogP contribution in [0.1, 0.15) is 24.8 Å². The number of ketones is 1. The third kappa shape index (κ3) is 7.60. The number of aryl methyl sites for hydroxylation is 1. The molecule has 5 nitrogen and oxygen atoms in total. The molecule has 0 spiro atoms. The topological polar surface area (TPSA) is 83.8 Å². The summed E-state index contributed by atoms with van der Waals surface area (Å²) in [4.78, 5) is 23.5. The highest BCUT2D eigenvalue weighted by molar-refractivity contribution is 8.01. The lowest BCUT2D eigenvalue weighted by molar-refractivity contribution is -0.137. The van der Waals surface area contributed by atoms with Crippen molar-refractivity contribution >= 4 is 46.0 Å². The fourth-order valence-corrected chi connectivity index (χ4v) is 6.36. The molecule has 0 bridgehead atoms. The number of hydrogen-bond acceptors (Lipinski definition) is 7. The molecular formula is C26H32O5S2. The quantitative estimate of drug-likeness (QED) is 0.265. The molecule has 0 radical (unpaired) electrons. The summed E-state index contributed by atoms with van der Waals surface area (Å²) in [5, 5.41) is 23.0. The van der Waals surface area contributed by atoms with E-state index in [9.17, 15) is 19.8 Å². The number of thioether (sulfide) groups is 2. The third-order valence-electron chi connectivity index (χ3n) is 5.84. The van der Waals surface area contributed by atoms with E-state index in [-0.39, 0.29) is 29.3 Å². The Kier molecular flexibility index (Phi) is 10.3. The van der Waals surface area contributed by atoms with Crippen molar-refractivity contribution in [3.63, 3.8) is 0 Å². The molecule has 0 amide bonds. The van der Waals surface area contributed by atoms with Gasteiger partial charge < -0.3 is 14.9 Å². The van der Waals surface area contributed by atoms with Crippen molar-refractivity contribution in [2.45, 2.75) is 43.1 Å². The van der Waals surface area contributed by atoms with Crippen molar-refractivity contribution in [2.75, 3.05) is 24.4 Å². The molecule has 1 saturated carbocycles. The van der Waals surface area contributed by atoms with Crippen molar-refractivity contribution in [3.8, 4) is 0 Å². The van der Waals surface area contributed by atoms with Crippen LogP contribution in [0.4, 0.5) is 0 Å². The Bertz CT molecular complexity index is 955. The minimum Gasteiger partial charge on any atom is -0.468 e. The SMILES string of the molecule is COC(=O)CSCCCS[C@H]1C(=O)C[C@@H](O)[C@@H]1C=C[C@@H](O)CCc1cccc2ccccc12. The van der Waals surface area contributed by atoms with Crippen molar-refractivity contribution in [1.82, 2.24) is 0 Å². The van der Waals surface area contributed by atoms with E-state index in [2.05, 4.69) is 29.0 Å². The van der Waals surface area contributed by atoms with Crippen molar-refractivity contribution < 1.29 is 24.5 Å². The number of fused-ring (bicyclic) bond motifs is 1. The normalized spacial score (nSPS) is 21.7. The number of hydrogen-bond donors (Lipinski definition) is 2. The Morgan fingerprint density at radius 2 is 2.00 bits per heavy atom. The molecule has 3 rings (SSSR count). The van der Waals surface area contributed by atoms with Gasteiger partial charge in [0.1, 0.15) is 5.78 Å². The highest BCUT2D eigenvalue weighted by Gasteiger charge is 2.40. The Morgan fingerprint density at radius 1 is 1.21 bits per heavy atom. The molecular weight excluding hydrogens is 456 g/mol. The fraction of sp³-hybridized carbons (Fsp3) is 0.462. The smallest absolute Gasteiger partial charge is 0.315 e. The van der Waals surface area contributed by atoms with Crippen LogP contribution in [-0.2, 0) is 20.7 Å². The molecule has 1 aliphatic carbocycles. The second kappa shape index (κ2) is 13.2. The number of rotatable bonds is 12. The molecule has 2 aromatic rings. The van der Waals surface area contributed by atoms with E-state index in [1.54, 1.807) is 17.8 Å². The average Bonchev–Trinajstić information content (AvgIpc) is 3.10. The van der Waals surface area contributed by atoms with E-state index in [1.165, 1.54) is 35.2 Å². The van der Waals surface area contributed by atoms with Crippen LogP contribution in [0.3, 0.4) is 0 Å². The van der Waals surface area contributed by atoms with Gasteiger partial charge in [0.15, 0.2) is 0 Å². The first-order chi connectivity index (χ1) is 16.0. The van der Waals surface area contributed by atoms with Crippen molar-refractivity contribution in [3.05, 3.63) is 60.2 Å². The van der Waals surface area contributed by atoms with E-state index in [0.29, 0.717) is 12.2 Å². The van der Waals surface area contributed by atoms with Gasteiger partial charge in [-0.05, 0) is 47.1 Å². The predicted octanol–water partition coefficient (Wildman–Crippen LogP) is 4.04. The van der Waals surface area contributed by atoms with Gasteiger partial charge in [-0.1, -0.05) is 54.6 Å². The molecule has 4 atom stereocenters. The Labute approximate surface area is 204 Å². The van der Waals surface area contributed by atoms with Crippen molar-refractivity contribution in [1.29, 1.82) is 0 Å². The molecule has 2 aromatic carbocycles. The highest BCUT2D eigenvalue weighted by atomic mass is 32.2. The van der Waals surface area contributed by atoms with E-state index in [4.69, 9.17) is 0 Å². The number of benzene rings is 2. The van der Waals surface area contributed by atoms with Crippen LogP contribution in [0.5, 0.6) is 0 Å². The van der Waals surface area contributed by atoms with E-state index < -0.39 is 12.2 Å². The van der Waals surface area contributed by atoms with Crippen LogP contribution in [0.2, 0.25) is 0 Å². The Balaban J connectivity index is 1.48. The van der Waals surface area contributed by atoms with Crippen LogP contribution in [0.25, 0.3) is 10.8 Å². The van der Waals surface area contributed by atoms with E-state index in [1.807, 2.05) is 24.3 Å². The number of ether oxygens (including phenoxy) is 1. The number of carbonyl (C=O) groups is 2. The zero-order valence-electron chi connectivity index (χ0n) is 18.9. The number of aliphatic hydroxyl groups is 2. The maximum Gasteiger partial charge on any atom is 0.315 e. The monoisotopic (exact) mass is 488 g/mol. The number of carbonyl (C=O) groups excluding carboxylic acids is 2. The summed E-state index contributed by atoms with van der Waals surface area (Å²) >= 11 is 3.08. The molecule has 178 valence electrons. The zero-order valence-corrected chi connectivity index (χ0v) is 20.5. The average molecular weight is 489 g/mol. The second-order valence-electron chi connectivity index (χ2n) is 8.22. The molecule has 2 N–H and O–H groups in total. The predicted molar refractivity (Wildman–Crippen MR) is 137 cm³/mol. The molecule has 0 heterocycles. The van der Waals surface area contributed by atoms with Crippen LogP contribution in [0.15, 0.2) is 54.6 Å². The number of Topliss-reactive ketones (excluding diaryl/α,β-unsaturated/α-hetero) is 1. The first-order valence-electron chi connectivity index (χ1n) is 11.3. The lowest BCUT2D eigenvalue weighted by Gasteiger charge is -2.17. The summed E-state index contributed by atoms with van der Waals surface area (Å²) in [6.45, 7) is 0. The summed E-state index contributed by atoms with van der Waals surface area (Å²) in [6, 6.07) is 14.4.